The minimum absolute atomic E-state index is 0.378. The van der Waals surface area contributed by atoms with Gasteiger partial charge < -0.3 is 0 Å². The van der Waals surface area contributed by atoms with Crippen LogP contribution in [0.15, 0.2) is 18.2 Å². The Balaban J connectivity index is 1.92. The van der Waals surface area contributed by atoms with E-state index in [1.165, 1.54) is 18.9 Å². The average Bonchev–Trinajstić information content (AvgIpc) is 2.99. The van der Waals surface area contributed by atoms with E-state index >= 15 is 0 Å². The molecule has 2 aromatic rings. The fraction of sp³-hybridized carbons (Fsp3) is 0.385. The van der Waals surface area contributed by atoms with Crippen molar-refractivity contribution >= 4 is 11.6 Å². The summed E-state index contributed by atoms with van der Waals surface area (Å²) in [6, 6.07) is 4.54. The van der Waals surface area contributed by atoms with Crippen LogP contribution in [0.3, 0.4) is 0 Å². The zero-order valence-corrected chi connectivity index (χ0v) is 10.5. The molecule has 1 aliphatic carbocycles. The van der Waals surface area contributed by atoms with E-state index in [4.69, 9.17) is 11.6 Å². The second-order valence-electron chi connectivity index (χ2n) is 4.65. The second-order valence-corrected chi connectivity index (χ2v) is 5.09. The molecular formula is C13H13ClFN3. The normalized spacial score (nSPS) is 16.3. The number of rotatable bonds is 2. The molecule has 94 valence electrons. The van der Waals surface area contributed by atoms with Crippen LogP contribution in [0.2, 0.25) is 5.02 Å². The van der Waals surface area contributed by atoms with Crippen LogP contribution >= 0.6 is 11.6 Å². The lowest BCUT2D eigenvalue weighted by Gasteiger charge is -2.02. The quantitative estimate of drug-likeness (QED) is 0.894. The summed E-state index contributed by atoms with van der Waals surface area (Å²) in [6.07, 6.45) is 4.74. The molecule has 0 radical (unpaired) electrons. The Morgan fingerprint density at radius 2 is 2.06 bits per heavy atom. The number of H-pyrrole nitrogens is 1. The summed E-state index contributed by atoms with van der Waals surface area (Å²) in [5, 5.41) is 7.41. The predicted octanol–water partition coefficient (Wildman–Crippen LogP) is 3.92. The fourth-order valence-electron chi connectivity index (χ4n) is 2.45. The van der Waals surface area contributed by atoms with Crippen molar-refractivity contribution in [3.05, 3.63) is 34.9 Å². The van der Waals surface area contributed by atoms with Gasteiger partial charge in [-0.2, -0.15) is 5.10 Å². The molecule has 3 nitrogen and oxygen atoms in total. The Bertz CT molecular complexity index is 561. The summed E-state index contributed by atoms with van der Waals surface area (Å²) >= 11 is 5.72. The summed E-state index contributed by atoms with van der Waals surface area (Å²) in [5.41, 5.74) is 0.389. The van der Waals surface area contributed by atoms with E-state index < -0.39 is 0 Å². The molecule has 0 saturated heterocycles. The van der Waals surface area contributed by atoms with E-state index in [2.05, 4.69) is 15.2 Å². The minimum Gasteiger partial charge on any atom is -0.262 e. The summed E-state index contributed by atoms with van der Waals surface area (Å²) in [5.74, 6) is 1.34. The van der Waals surface area contributed by atoms with Crippen LogP contribution in [0.5, 0.6) is 0 Å². The van der Waals surface area contributed by atoms with Gasteiger partial charge in [-0.05, 0) is 31.0 Å². The molecule has 0 spiro atoms. The van der Waals surface area contributed by atoms with E-state index in [0.29, 0.717) is 22.3 Å². The highest BCUT2D eigenvalue weighted by Crippen LogP contribution is 2.33. The van der Waals surface area contributed by atoms with Gasteiger partial charge >= 0.3 is 0 Å². The van der Waals surface area contributed by atoms with Gasteiger partial charge in [0.25, 0.3) is 0 Å². The maximum absolute atomic E-state index is 13.7. The third-order valence-electron chi connectivity index (χ3n) is 3.42. The Morgan fingerprint density at radius 1 is 1.28 bits per heavy atom. The van der Waals surface area contributed by atoms with E-state index in [-0.39, 0.29) is 5.82 Å². The van der Waals surface area contributed by atoms with Crippen molar-refractivity contribution in [2.75, 3.05) is 0 Å². The zero-order valence-electron chi connectivity index (χ0n) is 9.79. The van der Waals surface area contributed by atoms with Crippen molar-refractivity contribution < 1.29 is 4.39 Å². The summed E-state index contributed by atoms with van der Waals surface area (Å²) in [4.78, 5) is 4.40. The first-order chi connectivity index (χ1) is 8.74. The third kappa shape index (κ3) is 2.12. The molecule has 18 heavy (non-hydrogen) atoms. The molecule has 1 N–H and O–H groups in total. The van der Waals surface area contributed by atoms with Gasteiger partial charge in [0, 0.05) is 10.9 Å². The first-order valence-electron chi connectivity index (χ1n) is 6.12. The number of aromatic nitrogens is 3. The van der Waals surface area contributed by atoms with Crippen LogP contribution in [0, 0.1) is 5.82 Å². The van der Waals surface area contributed by atoms with Gasteiger partial charge in [0.15, 0.2) is 5.82 Å². The van der Waals surface area contributed by atoms with Gasteiger partial charge in [0.1, 0.15) is 11.6 Å². The van der Waals surface area contributed by atoms with Crippen molar-refractivity contribution in [3.63, 3.8) is 0 Å². The molecule has 0 unspecified atom stereocenters. The molecular weight excluding hydrogens is 253 g/mol. The lowest BCUT2D eigenvalue weighted by molar-refractivity contribution is 0.630. The molecule has 0 bridgehead atoms. The van der Waals surface area contributed by atoms with Crippen molar-refractivity contribution in [1.82, 2.24) is 15.2 Å². The zero-order chi connectivity index (χ0) is 12.5. The summed E-state index contributed by atoms with van der Waals surface area (Å²) in [7, 11) is 0. The van der Waals surface area contributed by atoms with Crippen LogP contribution in [0.4, 0.5) is 4.39 Å². The number of hydrogen-bond donors (Lipinski definition) is 1. The predicted molar refractivity (Wildman–Crippen MR) is 68.0 cm³/mol. The number of nitrogens with one attached hydrogen (secondary N) is 1. The monoisotopic (exact) mass is 265 g/mol. The standard InChI is InChI=1S/C13H13ClFN3/c14-9-5-6-10(11(15)7-9)13-16-12(17-18-13)8-3-1-2-4-8/h5-8H,1-4H2,(H,16,17,18). The van der Waals surface area contributed by atoms with E-state index in [0.717, 1.165) is 18.7 Å². The molecule has 1 saturated carbocycles. The minimum atomic E-state index is -0.389. The third-order valence-corrected chi connectivity index (χ3v) is 3.65. The van der Waals surface area contributed by atoms with Crippen LogP contribution in [-0.2, 0) is 0 Å². The molecule has 0 atom stereocenters. The van der Waals surface area contributed by atoms with E-state index in [1.54, 1.807) is 12.1 Å². The molecule has 1 aliphatic rings. The Hall–Kier alpha value is -1.42. The average molecular weight is 266 g/mol. The second kappa shape index (κ2) is 4.69. The number of hydrogen-bond acceptors (Lipinski definition) is 2. The SMILES string of the molecule is Fc1cc(Cl)ccc1-c1n[nH]c(C2CCCC2)n1. The maximum Gasteiger partial charge on any atom is 0.184 e. The fourth-order valence-corrected chi connectivity index (χ4v) is 2.61. The molecule has 1 aromatic carbocycles. The van der Waals surface area contributed by atoms with Crippen LogP contribution in [-0.4, -0.2) is 15.2 Å². The van der Waals surface area contributed by atoms with Gasteiger partial charge in [-0.1, -0.05) is 24.4 Å². The van der Waals surface area contributed by atoms with Crippen molar-refractivity contribution in [1.29, 1.82) is 0 Å². The Kier molecular flexibility index (Phi) is 3.04. The van der Waals surface area contributed by atoms with E-state index in [1.807, 2.05) is 0 Å². The van der Waals surface area contributed by atoms with Gasteiger partial charge in [-0.15, -0.1) is 0 Å². The lowest BCUT2D eigenvalue weighted by Crippen LogP contribution is -1.94. The topological polar surface area (TPSA) is 41.6 Å². The largest absolute Gasteiger partial charge is 0.262 e. The molecule has 5 heteroatoms. The number of benzene rings is 1. The number of aromatic amines is 1. The van der Waals surface area contributed by atoms with Crippen molar-refractivity contribution in [2.24, 2.45) is 0 Å². The van der Waals surface area contributed by atoms with Gasteiger partial charge in [-0.3, -0.25) is 5.10 Å². The molecule has 1 fully saturated rings. The van der Waals surface area contributed by atoms with Crippen LogP contribution in [0.25, 0.3) is 11.4 Å². The highest BCUT2D eigenvalue weighted by atomic mass is 35.5. The molecule has 1 aromatic heterocycles. The molecule has 0 amide bonds. The number of nitrogens with zero attached hydrogens (tertiary/aromatic N) is 2. The van der Waals surface area contributed by atoms with Crippen LogP contribution in [0.1, 0.15) is 37.4 Å². The first-order valence-corrected chi connectivity index (χ1v) is 6.49. The molecule has 1 heterocycles. The van der Waals surface area contributed by atoms with Gasteiger partial charge in [0.05, 0.1) is 5.56 Å². The maximum atomic E-state index is 13.7. The molecule has 3 rings (SSSR count). The highest BCUT2D eigenvalue weighted by molar-refractivity contribution is 6.30. The Morgan fingerprint density at radius 3 is 2.78 bits per heavy atom. The Labute approximate surface area is 109 Å². The van der Waals surface area contributed by atoms with Crippen molar-refractivity contribution in [2.45, 2.75) is 31.6 Å². The summed E-state index contributed by atoms with van der Waals surface area (Å²) < 4.78 is 13.7. The van der Waals surface area contributed by atoms with Crippen LogP contribution < -0.4 is 0 Å². The smallest absolute Gasteiger partial charge is 0.184 e. The summed E-state index contributed by atoms with van der Waals surface area (Å²) in [6.45, 7) is 0. The van der Waals surface area contributed by atoms with Gasteiger partial charge in [-0.25, -0.2) is 9.37 Å². The highest BCUT2D eigenvalue weighted by Gasteiger charge is 2.21. The lowest BCUT2D eigenvalue weighted by atomic mass is 10.1. The molecule has 0 aliphatic heterocycles. The number of halogens is 2. The van der Waals surface area contributed by atoms with E-state index in [9.17, 15) is 4.39 Å². The first kappa shape index (κ1) is 11.7. The van der Waals surface area contributed by atoms with Crippen molar-refractivity contribution in [3.8, 4) is 11.4 Å². The van der Waals surface area contributed by atoms with Gasteiger partial charge in [0.2, 0.25) is 0 Å².